The predicted octanol–water partition coefficient (Wildman–Crippen LogP) is 2.77. The summed E-state index contributed by atoms with van der Waals surface area (Å²) in [6.07, 6.45) is 0. The molecule has 1 heterocycles. The Bertz CT molecular complexity index is 326. The number of nitrogens with zero attached hydrogens (tertiary/aromatic N) is 2. The second-order valence-electron chi connectivity index (χ2n) is 5.25. The topological polar surface area (TPSA) is 6.48 Å². The van der Waals surface area contributed by atoms with Crippen LogP contribution in [0.3, 0.4) is 0 Å². The molecule has 0 aromatic heterocycles. The molecule has 2 heteroatoms. The lowest BCUT2D eigenvalue weighted by Gasteiger charge is -2.39. The summed E-state index contributed by atoms with van der Waals surface area (Å²) < 4.78 is 0. The summed E-state index contributed by atoms with van der Waals surface area (Å²) in [5.41, 5.74) is 1.44. The zero-order chi connectivity index (χ0) is 12.3. The molecule has 0 radical (unpaired) electrons. The Morgan fingerprint density at radius 2 is 1.35 bits per heavy atom. The van der Waals surface area contributed by atoms with Crippen LogP contribution in [0.15, 0.2) is 30.3 Å². The molecule has 1 saturated heterocycles. The van der Waals surface area contributed by atoms with E-state index in [0.29, 0.717) is 12.1 Å². The maximum Gasteiger partial charge on any atom is 0.0320 e. The highest BCUT2D eigenvalue weighted by molar-refractivity contribution is 5.18. The molecule has 1 atom stereocenters. The van der Waals surface area contributed by atoms with Gasteiger partial charge in [0.05, 0.1) is 0 Å². The Balaban J connectivity index is 1.93. The van der Waals surface area contributed by atoms with E-state index in [1.807, 2.05) is 0 Å². The fraction of sp³-hybridized carbons (Fsp3) is 0.600. The lowest BCUT2D eigenvalue weighted by molar-refractivity contribution is 0.0834. The molecule has 94 valence electrons. The van der Waals surface area contributed by atoms with Gasteiger partial charge in [0, 0.05) is 38.3 Å². The lowest BCUT2D eigenvalue weighted by atomic mass is 10.1. The summed E-state index contributed by atoms with van der Waals surface area (Å²) >= 11 is 0. The fourth-order valence-corrected chi connectivity index (χ4v) is 2.58. The summed E-state index contributed by atoms with van der Waals surface area (Å²) in [6, 6.07) is 12.1. The van der Waals surface area contributed by atoms with Gasteiger partial charge in [-0.15, -0.1) is 0 Å². The van der Waals surface area contributed by atoms with E-state index in [-0.39, 0.29) is 0 Å². The minimum Gasteiger partial charge on any atom is -0.298 e. The highest BCUT2D eigenvalue weighted by Crippen LogP contribution is 2.21. The van der Waals surface area contributed by atoms with Gasteiger partial charge in [-0.3, -0.25) is 9.80 Å². The van der Waals surface area contributed by atoms with Crippen molar-refractivity contribution in [3.63, 3.8) is 0 Å². The minimum absolute atomic E-state index is 0.547. The Kier molecular flexibility index (Phi) is 4.19. The molecule has 1 aromatic rings. The van der Waals surface area contributed by atoms with E-state index in [2.05, 4.69) is 60.9 Å². The Labute approximate surface area is 105 Å². The minimum atomic E-state index is 0.547. The molecule has 0 amide bonds. The highest BCUT2D eigenvalue weighted by atomic mass is 15.3. The van der Waals surface area contributed by atoms with Crippen LogP contribution in [0.4, 0.5) is 0 Å². The van der Waals surface area contributed by atoms with Crippen LogP contribution in [0.5, 0.6) is 0 Å². The molecule has 1 fully saturated rings. The van der Waals surface area contributed by atoms with Gasteiger partial charge in [-0.05, 0) is 26.3 Å². The Morgan fingerprint density at radius 3 is 1.88 bits per heavy atom. The van der Waals surface area contributed by atoms with E-state index in [4.69, 9.17) is 0 Å². The summed E-state index contributed by atoms with van der Waals surface area (Å²) in [6.45, 7) is 11.7. The van der Waals surface area contributed by atoms with E-state index in [0.717, 1.165) is 0 Å². The quantitative estimate of drug-likeness (QED) is 0.790. The first kappa shape index (κ1) is 12.6. The molecule has 17 heavy (non-hydrogen) atoms. The van der Waals surface area contributed by atoms with Gasteiger partial charge in [0.2, 0.25) is 0 Å². The maximum atomic E-state index is 2.59. The molecular formula is C15H24N2. The van der Waals surface area contributed by atoms with Crippen LogP contribution < -0.4 is 0 Å². The molecule has 0 saturated carbocycles. The van der Waals surface area contributed by atoms with E-state index in [1.54, 1.807) is 0 Å². The van der Waals surface area contributed by atoms with E-state index < -0.39 is 0 Å². The van der Waals surface area contributed by atoms with Gasteiger partial charge in [-0.2, -0.15) is 0 Å². The third-order valence-corrected chi connectivity index (χ3v) is 3.91. The number of hydrogen-bond acceptors (Lipinski definition) is 2. The monoisotopic (exact) mass is 232 g/mol. The van der Waals surface area contributed by atoms with Gasteiger partial charge in [0.25, 0.3) is 0 Å². The van der Waals surface area contributed by atoms with Crippen LogP contribution in [0.2, 0.25) is 0 Å². The Morgan fingerprint density at radius 1 is 0.824 bits per heavy atom. The van der Waals surface area contributed by atoms with E-state index in [9.17, 15) is 0 Å². The van der Waals surface area contributed by atoms with Gasteiger partial charge in [0.15, 0.2) is 0 Å². The zero-order valence-corrected chi connectivity index (χ0v) is 11.3. The van der Waals surface area contributed by atoms with Crippen LogP contribution in [0, 0.1) is 0 Å². The second-order valence-corrected chi connectivity index (χ2v) is 5.25. The van der Waals surface area contributed by atoms with Crippen LogP contribution in [-0.4, -0.2) is 42.0 Å². The van der Waals surface area contributed by atoms with Gasteiger partial charge in [-0.1, -0.05) is 30.3 Å². The Hall–Kier alpha value is -0.860. The third-order valence-electron chi connectivity index (χ3n) is 3.91. The van der Waals surface area contributed by atoms with Crippen molar-refractivity contribution in [2.24, 2.45) is 0 Å². The molecule has 2 nitrogen and oxygen atoms in total. The first-order chi connectivity index (χ1) is 8.18. The number of hydrogen-bond donors (Lipinski definition) is 0. The normalized spacial score (nSPS) is 20.7. The van der Waals surface area contributed by atoms with Crippen molar-refractivity contribution in [1.82, 2.24) is 9.80 Å². The van der Waals surface area contributed by atoms with Crippen LogP contribution in [-0.2, 0) is 0 Å². The van der Waals surface area contributed by atoms with E-state index >= 15 is 0 Å². The maximum absolute atomic E-state index is 2.59. The van der Waals surface area contributed by atoms with Crippen molar-refractivity contribution in [2.75, 3.05) is 26.2 Å². The first-order valence-corrected chi connectivity index (χ1v) is 6.71. The highest BCUT2D eigenvalue weighted by Gasteiger charge is 2.22. The second kappa shape index (κ2) is 5.65. The van der Waals surface area contributed by atoms with Crippen molar-refractivity contribution in [1.29, 1.82) is 0 Å². The largest absolute Gasteiger partial charge is 0.298 e. The van der Waals surface area contributed by atoms with Crippen molar-refractivity contribution in [3.8, 4) is 0 Å². The first-order valence-electron chi connectivity index (χ1n) is 6.71. The summed E-state index contributed by atoms with van der Waals surface area (Å²) in [5, 5.41) is 0. The van der Waals surface area contributed by atoms with Crippen LogP contribution in [0.25, 0.3) is 0 Å². The molecule has 0 spiro atoms. The summed E-state index contributed by atoms with van der Waals surface area (Å²) in [5.74, 6) is 0. The molecule has 0 bridgehead atoms. The smallest absolute Gasteiger partial charge is 0.0320 e. The molecule has 1 aromatic carbocycles. The average molecular weight is 232 g/mol. The van der Waals surface area contributed by atoms with Gasteiger partial charge < -0.3 is 0 Å². The standard InChI is InChI=1S/C15H24N2/c1-13(2)16-9-11-17(12-10-16)14(3)15-7-5-4-6-8-15/h4-8,13-14H,9-12H2,1-3H3/t14-/m1/s1. The van der Waals surface area contributed by atoms with Crippen molar-refractivity contribution < 1.29 is 0 Å². The molecular weight excluding hydrogens is 208 g/mol. The molecule has 0 N–H and O–H groups in total. The molecule has 0 aliphatic carbocycles. The fourth-order valence-electron chi connectivity index (χ4n) is 2.58. The molecule has 1 aliphatic rings. The summed E-state index contributed by atoms with van der Waals surface area (Å²) in [7, 11) is 0. The molecule has 1 aliphatic heterocycles. The van der Waals surface area contributed by atoms with Crippen LogP contribution >= 0.6 is 0 Å². The van der Waals surface area contributed by atoms with Gasteiger partial charge in [0.1, 0.15) is 0 Å². The summed E-state index contributed by atoms with van der Waals surface area (Å²) in [4.78, 5) is 5.16. The SMILES string of the molecule is CC(C)N1CCN([C@H](C)c2ccccc2)CC1. The zero-order valence-electron chi connectivity index (χ0n) is 11.3. The average Bonchev–Trinajstić information content (AvgIpc) is 2.39. The van der Waals surface area contributed by atoms with Crippen molar-refractivity contribution in [2.45, 2.75) is 32.9 Å². The number of piperazine rings is 1. The van der Waals surface area contributed by atoms with Crippen LogP contribution in [0.1, 0.15) is 32.4 Å². The van der Waals surface area contributed by atoms with Crippen molar-refractivity contribution >= 4 is 0 Å². The molecule has 2 rings (SSSR count). The van der Waals surface area contributed by atoms with Crippen molar-refractivity contribution in [3.05, 3.63) is 35.9 Å². The lowest BCUT2D eigenvalue weighted by Crippen LogP contribution is -2.49. The van der Waals surface area contributed by atoms with E-state index in [1.165, 1.54) is 31.7 Å². The molecule has 0 unspecified atom stereocenters. The van der Waals surface area contributed by atoms with Gasteiger partial charge in [-0.25, -0.2) is 0 Å². The van der Waals surface area contributed by atoms with Gasteiger partial charge >= 0.3 is 0 Å². The predicted molar refractivity (Wildman–Crippen MR) is 73.1 cm³/mol. The number of benzene rings is 1. The number of rotatable bonds is 3. The third kappa shape index (κ3) is 3.08.